The summed E-state index contributed by atoms with van der Waals surface area (Å²) in [5.74, 6) is -0.265. The minimum atomic E-state index is -1.11. The fourth-order valence-corrected chi connectivity index (χ4v) is 2.83. The smallest absolute Gasteiger partial charge is 0.326 e. The minimum absolute atomic E-state index is 0.133. The summed E-state index contributed by atoms with van der Waals surface area (Å²) in [6.07, 6.45) is 0.133. The van der Waals surface area contributed by atoms with E-state index in [1.807, 2.05) is 30.3 Å². The molecule has 3 aromatic rings. The van der Waals surface area contributed by atoms with Gasteiger partial charge in [0.25, 0.3) is 5.91 Å². The Morgan fingerprint density at radius 2 is 1.59 bits per heavy atom. The predicted octanol–water partition coefficient (Wildman–Crippen LogP) is 3.36. The first-order valence-electron chi connectivity index (χ1n) is 9.19. The lowest BCUT2D eigenvalue weighted by molar-refractivity contribution is -0.139. The molecule has 1 amide bonds. The zero-order chi connectivity index (χ0) is 20.6. The third-order valence-corrected chi connectivity index (χ3v) is 4.37. The summed E-state index contributed by atoms with van der Waals surface area (Å²) in [6.45, 7) is 0.376. The normalized spacial score (nSPS) is 11.5. The van der Waals surface area contributed by atoms with E-state index in [1.54, 1.807) is 48.5 Å². The SMILES string of the molecule is NCc1ccc(C(=O)NC(Cc2cccc(Oc3ccccc3)c2)C(=O)O)cc1. The number of benzene rings is 3. The summed E-state index contributed by atoms with van der Waals surface area (Å²) in [5.41, 5.74) is 7.57. The van der Waals surface area contributed by atoms with Gasteiger partial charge in [-0.2, -0.15) is 0 Å². The topological polar surface area (TPSA) is 102 Å². The maximum absolute atomic E-state index is 12.4. The second kappa shape index (κ2) is 9.52. The van der Waals surface area contributed by atoms with E-state index >= 15 is 0 Å². The van der Waals surface area contributed by atoms with Crippen LogP contribution in [0.3, 0.4) is 0 Å². The van der Waals surface area contributed by atoms with E-state index in [0.29, 0.717) is 23.6 Å². The molecule has 4 N–H and O–H groups in total. The maximum atomic E-state index is 12.4. The van der Waals surface area contributed by atoms with E-state index in [9.17, 15) is 14.7 Å². The number of carbonyl (C=O) groups excluding carboxylic acids is 1. The number of carbonyl (C=O) groups is 2. The average molecular weight is 390 g/mol. The van der Waals surface area contributed by atoms with Crippen LogP contribution in [0.15, 0.2) is 78.9 Å². The van der Waals surface area contributed by atoms with Gasteiger partial charge < -0.3 is 20.9 Å². The van der Waals surface area contributed by atoms with Crippen LogP contribution in [0, 0.1) is 0 Å². The summed E-state index contributed by atoms with van der Waals surface area (Å²) in [6, 6.07) is 22.2. The van der Waals surface area contributed by atoms with Crippen molar-refractivity contribution in [3.8, 4) is 11.5 Å². The average Bonchev–Trinajstić information content (AvgIpc) is 2.74. The fourth-order valence-electron chi connectivity index (χ4n) is 2.83. The van der Waals surface area contributed by atoms with Gasteiger partial charge in [-0.25, -0.2) is 4.79 Å². The van der Waals surface area contributed by atoms with Crippen molar-refractivity contribution in [2.24, 2.45) is 5.73 Å². The van der Waals surface area contributed by atoms with Gasteiger partial charge in [-0.1, -0.05) is 42.5 Å². The predicted molar refractivity (Wildman–Crippen MR) is 110 cm³/mol. The van der Waals surface area contributed by atoms with E-state index in [-0.39, 0.29) is 6.42 Å². The molecule has 0 aliphatic carbocycles. The Morgan fingerprint density at radius 1 is 0.897 bits per heavy atom. The van der Waals surface area contributed by atoms with Gasteiger partial charge in [-0.05, 0) is 47.5 Å². The van der Waals surface area contributed by atoms with E-state index in [0.717, 1.165) is 11.1 Å². The highest BCUT2D eigenvalue weighted by atomic mass is 16.5. The van der Waals surface area contributed by atoms with Crippen LogP contribution in [0.25, 0.3) is 0 Å². The zero-order valence-corrected chi connectivity index (χ0v) is 15.7. The largest absolute Gasteiger partial charge is 0.480 e. The number of rotatable bonds is 8. The molecule has 0 aliphatic rings. The first-order chi connectivity index (χ1) is 14.0. The van der Waals surface area contributed by atoms with Gasteiger partial charge in [0.2, 0.25) is 0 Å². The second-order valence-corrected chi connectivity index (χ2v) is 6.53. The van der Waals surface area contributed by atoms with Crippen LogP contribution < -0.4 is 15.8 Å². The highest BCUT2D eigenvalue weighted by Gasteiger charge is 2.21. The quantitative estimate of drug-likeness (QED) is 0.547. The summed E-state index contributed by atoms with van der Waals surface area (Å²) >= 11 is 0. The molecule has 0 saturated heterocycles. The van der Waals surface area contributed by atoms with Crippen LogP contribution in [-0.2, 0) is 17.8 Å². The molecule has 3 aromatic carbocycles. The Balaban J connectivity index is 1.69. The number of carboxylic acids is 1. The van der Waals surface area contributed by atoms with Crippen molar-refractivity contribution in [1.29, 1.82) is 0 Å². The Kier molecular flexibility index (Phi) is 6.60. The third-order valence-electron chi connectivity index (χ3n) is 4.37. The number of ether oxygens (including phenoxy) is 1. The van der Waals surface area contributed by atoms with Gasteiger partial charge in [0.05, 0.1) is 0 Å². The molecular formula is C23H22N2O4. The number of carboxylic acid groups (broad SMARTS) is 1. The van der Waals surface area contributed by atoms with Crippen LogP contribution in [0.4, 0.5) is 0 Å². The first-order valence-corrected chi connectivity index (χ1v) is 9.19. The number of hydrogen-bond acceptors (Lipinski definition) is 4. The molecule has 0 aliphatic heterocycles. The van der Waals surface area contributed by atoms with Crippen molar-refractivity contribution in [2.45, 2.75) is 19.0 Å². The Bertz CT molecular complexity index is 972. The number of amides is 1. The number of aliphatic carboxylic acids is 1. The molecule has 6 heteroatoms. The number of hydrogen-bond donors (Lipinski definition) is 3. The molecule has 0 bridgehead atoms. The summed E-state index contributed by atoms with van der Waals surface area (Å²) < 4.78 is 5.79. The van der Waals surface area contributed by atoms with Crippen LogP contribution in [0.2, 0.25) is 0 Å². The molecule has 148 valence electrons. The number of nitrogens with two attached hydrogens (primary N) is 1. The zero-order valence-electron chi connectivity index (χ0n) is 15.7. The van der Waals surface area contributed by atoms with Crippen LogP contribution >= 0.6 is 0 Å². The minimum Gasteiger partial charge on any atom is -0.480 e. The molecule has 6 nitrogen and oxygen atoms in total. The lowest BCUT2D eigenvalue weighted by Gasteiger charge is -2.15. The Labute approximate surface area is 168 Å². The molecule has 29 heavy (non-hydrogen) atoms. The van der Waals surface area contributed by atoms with Gasteiger partial charge >= 0.3 is 5.97 Å². The number of para-hydroxylation sites is 1. The Morgan fingerprint density at radius 3 is 2.24 bits per heavy atom. The number of nitrogens with one attached hydrogen (secondary N) is 1. The summed E-state index contributed by atoms with van der Waals surface area (Å²) in [5, 5.41) is 12.1. The molecule has 1 unspecified atom stereocenters. The first kappa shape index (κ1) is 20.1. The summed E-state index contributed by atoms with van der Waals surface area (Å²) in [4.78, 5) is 24.1. The molecule has 0 saturated carbocycles. The van der Waals surface area contributed by atoms with E-state index in [4.69, 9.17) is 10.5 Å². The van der Waals surface area contributed by atoms with Gasteiger partial charge in [0, 0.05) is 18.5 Å². The van der Waals surface area contributed by atoms with Crippen molar-refractivity contribution in [1.82, 2.24) is 5.32 Å². The molecule has 0 fully saturated rings. The van der Waals surface area contributed by atoms with Gasteiger partial charge in [-0.3, -0.25) is 4.79 Å². The van der Waals surface area contributed by atoms with Gasteiger partial charge in [-0.15, -0.1) is 0 Å². The third kappa shape index (κ3) is 5.67. The van der Waals surface area contributed by atoms with Crippen molar-refractivity contribution in [3.05, 3.63) is 95.6 Å². The molecule has 1 atom stereocenters. The van der Waals surface area contributed by atoms with Gasteiger partial charge in [0.15, 0.2) is 0 Å². The van der Waals surface area contributed by atoms with Crippen molar-refractivity contribution in [3.63, 3.8) is 0 Å². The van der Waals surface area contributed by atoms with Crippen molar-refractivity contribution >= 4 is 11.9 Å². The fraction of sp³-hybridized carbons (Fsp3) is 0.130. The van der Waals surface area contributed by atoms with Crippen molar-refractivity contribution in [2.75, 3.05) is 0 Å². The van der Waals surface area contributed by atoms with Crippen LogP contribution in [-0.4, -0.2) is 23.0 Å². The highest BCUT2D eigenvalue weighted by molar-refractivity contribution is 5.96. The maximum Gasteiger partial charge on any atom is 0.326 e. The van der Waals surface area contributed by atoms with Crippen molar-refractivity contribution < 1.29 is 19.4 Å². The van der Waals surface area contributed by atoms with Gasteiger partial charge in [0.1, 0.15) is 17.5 Å². The summed E-state index contributed by atoms with van der Waals surface area (Å²) in [7, 11) is 0. The van der Waals surface area contributed by atoms with E-state index in [1.165, 1.54) is 0 Å². The van der Waals surface area contributed by atoms with Crippen LogP contribution in [0.1, 0.15) is 21.5 Å². The molecule has 3 rings (SSSR count). The lowest BCUT2D eigenvalue weighted by atomic mass is 10.0. The second-order valence-electron chi connectivity index (χ2n) is 6.53. The van der Waals surface area contributed by atoms with E-state index < -0.39 is 17.9 Å². The molecule has 0 radical (unpaired) electrons. The van der Waals surface area contributed by atoms with Crippen LogP contribution in [0.5, 0.6) is 11.5 Å². The highest BCUT2D eigenvalue weighted by Crippen LogP contribution is 2.22. The Hall–Kier alpha value is -3.64. The van der Waals surface area contributed by atoms with E-state index in [2.05, 4.69) is 5.32 Å². The molecule has 0 heterocycles. The molecule has 0 spiro atoms. The monoisotopic (exact) mass is 390 g/mol. The molecular weight excluding hydrogens is 368 g/mol. The molecule has 0 aromatic heterocycles. The lowest BCUT2D eigenvalue weighted by Crippen LogP contribution is -2.42. The standard InChI is InChI=1S/C23H22N2O4/c24-15-16-9-11-18(12-10-16)22(26)25-21(23(27)28)14-17-5-4-8-20(13-17)29-19-6-2-1-3-7-19/h1-13,21H,14-15,24H2,(H,25,26)(H,27,28).